The summed E-state index contributed by atoms with van der Waals surface area (Å²) in [5, 5.41) is 7.92. The van der Waals surface area contributed by atoms with E-state index in [2.05, 4.69) is 15.4 Å². The van der Waals surface area contributed by atoms with Gasteiger partial charge < -0.3 is 4.90 Å². The largest absolute Gasteiger partial charge is 0.324 e. The van der Waals surface area contributed by atoms with Crippen LogP contribution in [0, 0.1) is 12.8 Å². The molecule has 0 atom stereocenters. The number of carbonyl (C=O) groups is 1. The lowest BCUT2D eigenvalue weighted by Gasteiger charge is -2.38. The fourth-order valence-corrected chi connectivity index (χ4v) is 3.90. The van der Waals surface area contributed by atoms with Crippen molar-refractivity contribution < 1.29 is 4.79 Å². The van der Waals surface area contributed by atoms with E-state index in [0.717, 1.165) is 35.4 Å². The van der Waals surface area contributed by atoms with Gasteiger partial charge in [0.25, 0.3) is 5.56 Å². The number of thiazole rings is 1. The molecule has 0 unspecified atom stereocenters. The van der Waals surface area contributed by atoms with Crippen molar-refractivity contribution in [2.75, 3.05) is 18.4 Å². The molecular weight excluding hydrogens is 326 g/mol. The maximum Gasteiger partial charge on any atom is 0.323 e. The molecule has 1 fully saturated rings. The summed E-state index contributed by atoms with van der Waals surface area (Å²) in [7, 11) is 0. The van der Waals surface area contributed by atoms with Gasteiger partial charge in [0.1, 0.15) is 0 Å². The van der Waals surface area contributed by atoms with E-state index in [0.29, 0.717) is 24.8 Å². The highest BCUT2D eigenvalue weighted by atomic mass is 32.1. The highest BCUT2D eigenvalue weighted by Crippen LogP contribution is 2.22. The Kier molecular flexibility index (Phi) is 3.84. The molecule has 1 saturated heterocycles. The van der Waals surface area contributed by atoms with Crippen LogP contribution in [0.5, 0.6) is 0 Å². The van der Waals surface area contributed by atoms with E-state index in [9.17, 15) is 9.59 Å². The molecule has 24 heavy (non-hydrogen) atoms. The van der Waals surface area contributed by atoms with Crippen molar-refractivity contribution in [3.05, 3.63) is 38.8 Å². The minimum absolute atomic E-state index is 0.0307. The van der Waals surface area contributed by atoms with Crippen molar-refractivity contribution in [3.8, 4) is 0 Å². The first-order valence-electron chi connectivity index (χ1n) is 8.17. The van der Waals surface area contributed by atoms with E-state index in [-0.39, 0.29) is 17.5 Å². The number of rotatable bonds is 3. The number of nitrogens with one attached hydrogen (secondary N) is 1. The molecule has 1 aliphatic carbocycles. The Balaban J connectivity index is 1.33. The van der Waals surface area contributed by atoms with Crippen LogP contribution in [0.4, 0.5) is 9.93 Å². The average molecular weight is 345 g/mol. The zero-order valence-corrected chi connectivity index (χ0v) is 14.3. The molecule has 126 valence electrons. The van der Waals surface area contributed by atoms with Gasteiger partial charge in [-0.2, -0.15) is 5.10 Å². The number of amides is 2. The van der Waals surface area contributed by atoms with Crippen LogP contribution in [-0.4, -0.2) is 38.8 Å². The van der Waals surface area contributed by atoms with Crippen LogP contribution >= 0.6 is 11.3 Å². The molecule has 2 aliphatic rings. The minimum atomic E-state index is -0.130. The summed E-state index contributed by atoms with van der Waals surface area (Å²) >= 11 is 1.46. The first kappa shape index (κ1) is 15.3. The van der Waals surface area contributed by atoms with Crippen molar-refractivity contribution >= 4 is 22.5 Å². The number of hydrogen-bond acceptors (Lipinski definition) is 5. The summed E-state index contributed by atoms with van der Waals surface area (Å²) in [4.78, 5) is 31.2. The zero-order chi connectivity index (χ0) is 16.7. The van der Waals surface area contributed by atoms with Crippen LogP contribution < -0.4 is 10.9 Å². The van der Waals surface area contributed by atoms with E-state index in [1.54, 1.807) is 21.8 Å². The van der Waals surface area contributed by atoms with E-state index < -0.39 is 0 Å². The van der Waals surface area contributed by atoms with Gasteiger partial charge in [-0.25, -0.2) is 14.5 Å². The molecule has 2 aromatic rings. The molecule has 0 bridgehead atoms. The number of anilines is 1. The summed E-state index contributed by atoms with van der Waals surface area (Å²) in [6.45, 7) is 3.81. The van der Waals surface area contributed by atoms with E-state index in [4.69, 9.17) is 0 Å². The van der Waals surface area contributed by atoms with Crippen LogP contribution in [0.1, 0.15) is 22.6 Å². The van der Waals surface area contributed by atoms with Crippen molar-refractivity contribution in [3.63, 3.8) is 0 Å². The van der Waals surface area contributed by atoms with Crippen LogP contribution in [0.2, 0.25) is 0 Å². The van der Waals surface area contributed by atoms with Crippen molar-refractivity contribution in [1.29, 1.82) is 0 Å². The van der Waals surface area contributed by atoms with Gasteiger partial charge in [-0.3, -0.25) is 10.1 Å². The molecule has 1 N–H and O–H groups in total. The first-order valence-corrected chi connectivity index (χ1v) is 8.98. The van der Waals surface area contributed by atoms with Crippen molar-refractivity contribution in [2.45, 2.75) is 32.7 Å². The van der Waals surface area contributed by atoms with Gasteiger partial charge in [0.2, 0.25) is 0 Å². The third kappa shape index (κ3) is 2.93. The SMILES string of the molecule is Cc1cnc(NC(=O)N2CC(Cn3nc4c(cc3=O)CCC4)C2)s1. The summed E-state index contributed by atoms with van der Waals surface area (Å²) in [5.41, 5.74) is 2.13. The first-order chi connectivity index (χ1) is 11.6. The Bertz CT molecular complexity index is 837. The predicted molar refractivity (Wildman–Crippen MR) is 91.5 cm³/mol. The Morgan fingerprint density at radius 3 is 3.00 bits per heavy atom. The van der Waals surface area contributed by atoms with Gasteiger partial charge in [-0.15, -0.1) is 11.3 Å². The predicted octanol–water partition coefficient (Wildman–Crippen LogP) is 1.66. The molecule has 2 aromatic heterocycles. The number of nitrogens with zero attached hydrogens (tertiary/aromatic N) is 4. The monoisotopic (exact) mass is 345 g/mol. The topological polar surface area (TPSA) is 80.1 Å². The number of fused-ring (bicyclic) bond motifs is 1. The molecule has 0 saturated carbocycles. The summed E-state index contributed by atoms with van der Waals surface area (Å²) in [6, 6.07) is 1.60. The molecule has 0 aromatic carbocycles. The van der Waals surface area contributed by atoms with Gasteiger partial charge in [0, 0.05) is 36.1 Å². The second-order valence-electron chi connectivity index (χ2n) is 6.47. The molecule has 2 amide bonds. The number of carbonyl (C=O) groups excluding carboxylic acids is 1. The van der Waals surface area contributed by atoms with Crippen LogP contribution in [0.15, 0.2) is 17.1 Å². The van der Waals surface area contributed by atoms with Crippen LogP contribution in [-0.2, 0) is 19.4 Å². The molecule has 8 heteroatoms. The maximum absolute atomic E-state index is 12.1. The van der Waals surface area contributed by atoms with E-state index in [1.165, 1.54) is 11.3 Å². The lowest BCUT2D eigenvalue weighted by Crippen LogP contribution is -2.53. The van der Waals surface area contributed by atoms with Crippen molar-refractivity contribution in [2.24, 2.45) is 5.92 Å². The molecule has 0 radical (unpaired) electrons. The number of urea groups is 1. The molecule has 3 heterocycles. The quantitative estimate of drug-likeness (QED) is 0.917. The Morgan fingerprint density at radius 2 is 2.25 bits per heavy atom. The Morgan fingerprint density at radius 1 is 1.42 bits per heavy atom. The summed E-state index contributed by atoms with van der Waals surface area (Å²) < 4.78 is 1.56. The number of aryl methyl sites for hydroxylation is 3. The lowest BCUT2D eigenvalue weighted by atomic mass is 10.0. The smallest absolute Gasteiger partial charge is 0.323 e. The number of aromatic nitrogens is 3. The van der Waals surface area contributed by atoms with Crippen LogP contribution in [0.3, 0.4) is 0 Å². The highest BCUT2D eigenvalue weighted by molar-refractivity contribution is 7.15. The van der Waals surface area contributed by atoms with Gasteiger partial charge >= 0.3 is 6.03 Å². The molecule has 4 rings (SSSR count). The molecule has 0 spiro atoms. The summed E-state index contributed by atoms with van der Waals surface area (Å²) in [5.74, 6) is 0.276. The third-order valence-electron chi connectivity index (χ3n) is 4.53. The maximum atomic E-state index is 12.1. The summed E-state index contributed by atoms with van der Waals surface area (Å²) in [6.07, 6.45) is 4.75. The second kappa shape index (κ2) is 6.01. The normalized spacial score (nSPS) is 16.8. The average Bonchev–Trinajstić information content (AvgIpc) is 3.10. The highest BCUT2D eigenvalue weighted by Gasteiger charge is 2.32. The van der Waals surface area contributed by atoms with Crippen LogP contribution in [0.25, 0.3) is 0 Å². The Labute approximate surface area is 143 Å². The lowest BCUT2D eigenvalue weighted by molar-refractivity contribution is 0.116. The van der Waals surface area contributed by atoms with Gasteiger partial charge in [-0.1, -0.05) is 0 Å². The molecule has 1 aliphatic heterocycles. The standard InChI is InChI=1S/C16H19N5O2S/c1-10-6-17-15(24-10)18-16(23)20-7-11(8-20)9-21-14(22)5-12-3-2-4-13(12)19-21/h5-6,11H,2-4,7-9H2,1H3,(H,17,18,23). The fourth-order valence-electron chi connectivity index (χ4n) is 3.25. The molecular formula is C16H19N5O2S. The van der Waals surface area contributed by atoms with Gasteiger partial charge in [0.05, 0.1) is 12.2 Å². The Hall–Kier alpha value is -2.22. The number of likely N-dealkylation sites (tertiary alicyclic amines) is 1. The zero-order valence-electron chi connectivity index (χ0n) is 13.5. The fraction of sp³-hybridized carbons (Fsp3) is 0.500. The van der Waals surface area contributed by atoms with Gasteiger partial charge in [0.15, 0.2) is 5.13 Å². The minimum Gasteiger partial charge on any atom is -0.324 e. The van der Waals surface area contributed by atoms with Gasteiger partial charge in [-0.05, 0) is 31.7 Å². The number of hydrogen-bond donors (Lipinski definition) is 1. The molecule has 7 nitrogen and oxygen atoms in total. The van der Waals surface area contributed by atoms with E-state index >= 15 is 0 Å². The third-order valence-corrected chi connectivity index (χ3v) is 5.36. The second-order valence-corrected chi connectivity index (χ2v) is 7.70. The van der Waals surface area contributed by atoms with E-state index in [1.807, 2.05) is 6.92 Å². The van der Waals surface area contributed by atoms with Crippen molar-refractivity contribution in [1.82, 2.24) is 19.7 Å².